The van der Waals surface area contributed by atoms with Gasteiger partial charge in [0.2, 0.25) is 0 Å². The summed E-state index contributed by atoms with van der Waals surface area (Å²) in [5, 5.41) is 3.45. The highest BCUT2D eigenvalue weighted by Crippen LogP contribution is 2.14. The molecule has 0 radical (unpaired) electrons. The van der Waals surface area contributed by atoms with Crippen LogP contribution in [0.5, 0.6) is 0 Å². The Morgan fingerprint density at radius 3 is 2.84 bits per heavy atom. The van der Waals surface area contributed by atoms with Gasteiger partial charge < -0.3 is 11.1 Å². The van der Waals surface area contributed by atoms with E-state index in [0.717, 1.165) is 5.56 Å². The van der Waals surface area contributed by atoms with Gasteiger partial charge in [-0.2, -0.15) is 0 Å². The lowest BCUT2D eigenvalue weighted by Crippen LogP contribution is -2.23. The van der Waals surface area contributed by atoms with Crippen molar-refractivity contribution in [3.8, 4) is 0 Å². The normalized spacial score (nSPS) is 10.2. The molecule has 0 bridgehead atoms. The van der Waals surface area contributed by atoms with Gasteiger partial charge in [-0.15, -0.1) is 0 Å². The first-order valence-electron chi connectivity index (χ1n) is 5.87. The maximum atomic E-state index is 12.0. The second-order valence-corrected chi connectivity index (χ2v) is 4.42. The maximum absolute atomic E-state index is 12.0. The molecule has 1 heterocycles. The Morgan fingerprint density at radius 1 is 1.32 bits per heavy atom. The van der Waals surface area contributed by atoms with Crippen LogP contribution in [0, 0.1) is 0 Å². The van der Waals surface area contributed by atoms with E-state index >= 15 is 0 Å². The lowest BCUT2D eigenvalue weighted by molar-refractivity contribution is 0.0950. The molecule has 0 aliphatic heterocycles. The van der Waals surface area contributed by atoms with Crippen molar-refractivity contribution in [1.82, 2.24) is 10.3 Å². The molecule has 3 N–H and O–H groups in total. The van der Waals surface area contributed by atoms with Gasteiger partial charge >= 0.3 is 0 Å². The fraction of sp³-hybridized carbons (Fsp3) is 0.143. The standard InChI is InChI=1S/C14H14ClN3O/c15-13-4-2-1-3-11(13)9-18-14(19)10-5-6-17-12(7-10)8-16/h1-7H,8-9,16H2,(H,18,19). The molecule has 4 nitrogen and oxygen atoms in total. The summed E-state index contributed by atoms with van der Waals surface area (Å²) in [6, 6.07) is 10.7. The van der Waals surface area contributed by atoms with E-state index in [1.54, 1.807) is 24.4 Å². The molecule has 98 valence electrons. The topological polar surface area (TPSA) is 68.0 Å². The monoisotopic (exact) mass is 275 g/mol. The summed E-state index contributed by atoms with van der Waals surface area (Å²) in [4.78, 5) is 16.0. The van der Waals surface area contributed by atoms with Crippen molar-refractivity contribution < 1.29 is 4.79 Å². The highest BCUT2D eigenvalue weighted by molar-refractivity contribution is 6.31. The molecule has 0 saturated carbocycles. The number of amides is 1. The molecular weight excluding hydrogens is 262 g/mol. The van der Waals surface area contributed by atoms with Crippen LogP contribution in [0.15, 0.2) is 42.6 Å². The number of halogens is 1. The number of carbonyl (C=O) groups excluding carboxylic acids is 1. The molecule has 0 fully saturated rings. The molecule has 1 aromatic heterocycles. The van der Waals surface area contributed by atoms with Crippen molar-refractivity contribution in [2.75, 3.05) is 0 Å². The number of nitrogens with one attached hydrogen (secondary N) is 1. The van der Waals surface area contributed by atoms with Gasteiger partial charge in [0.25, 0.3) is 5.91 Å². The lowest BCUT2D eigenvalue weighted by Gasteiger charge is -2.07. The molecule has 0 aliphatic rings. The van der Waals surface area contributed by atoms with E-state index in [0.29, 0.717) is 29.4 Å². The minimum atomic E-state index is -0.169. The molecule has 0 spiro atoms. The predicted octanol–water partition coefficient (Wildman–Crippen LogP) is 2.12. The fourth-order valence-corrected chi connectivity index (χ4v) is 1.85. The molecule has 1 aromatic carbocycles. The molecule has 2 rings (SSSR count). The highest BCUT2D eigenvalue weighted by atomic mass is 35.5. The van der Waals surface area contributed by atoms with Crippen molar-refractivity contribution in [2.45, 2.75) is 13.1 Å². The van der Waals surface area contributed by atoms with Crippen molar-refractivity contribution >= 4 is 17.5 Å². The van der Waals surface area contributed by atoms with Gasteiger partial charge in [0.05, 0.1) is 5.69 Å². The second kappa shape index (κ2) is 6.31. The Kier molecular flexibility index (Phi) is 4.49. The first kappa shape index (κ1) is 13.5. The highest BCUT2D eigenvalue weighted by Gasteiger charge is 2.07. The van der Waals surface area contributed by atoms with E-state index in [2.05, 4.69) is 10.3 Å². The fourth-order valence-electron chi connectivity index (χ4n) is 1.65. The zero-order chi connectivity index (χ0) is 13.7. The molecule has 1 amide bonds. The molecule has 0 saturated heterocycles. The number of nitrogens with two attached hydrogens (primary N) is 1. The zero-order valence-corrected chi connectivity index (χ0v) is 11.0. The van der Waals surface area contributed by atoms with Gasteiger partial charge in [-0.25, -0.2) is 0 Å². The number of rotatable bonds is 4. The number of pyridine rings is 1. The Hall–Kier alpha value is -1.91. The van der Waals surface area contributed by atoms with Crippen molar-refractivity contribution in [2.24, 2.45) is 5.73 Å². The Balaban J connectivity index is 2.03. The third kappa shape index (κ3) is 3.53. The first-order chi connectivity index (χ1) is 9.20. The largest absolute Gasteiger partial charge is 0.348 e. The molecule has 0 atom stereocenters. The average Bonchev–Trinajstić information content (AvgIpc) is 2.46. The van der Waals surface area contributed by atoms with Crippen LogP contribution in [0.25, 0.3) is 0 Å². The third-order valence-electron chi connectivity index (χ3n) is 2.69. The first-order valence-corrected chi connectivity index (χ1v) is 6.25. The van der Waals surface area contributed by atoms with Gasteiger partial charge in [-0.05, 0) is 23.8 Å². The molecular formula is C14H14ClN3O. The van der Waals surface area contributed by atoms with Gasteiger partial charge in [-0.1, -0.05) is 29.8 Å². The summed E-state index contributed by atoms with van der Waals surface area (Å²) in [5.41, 5.74) is 7.60. The van der Waals surface area contributed by atoms with E-state index in [9.17, 15) is 4.79 Å². The number of aromatic nitrogens is 1. The van der Waals surface area contributed by atoms with E-state index in [-0.39, 0.29) is 5.91 Å². The summed E-state index contributed by atoms with van der Waals surface area (Å²) in [6.45, 7) is 0.699. The van der Waals surface area contributed by atoms with Crippen LogP contribution >= 0.6 is 11.6 Å². The van der Waals surface area contributed by atoms with Gasteiger partial charge in [0, 0.05) is 29.9 Å². The maximum Gasteiger partial charge on any atom is 0.251 e. The number of hydrogen-bond acceptors (Lipinski definition) is 3. The minimum Gasteiger partial charge on any atom is -0.348 e. The zero-order valence-electron chi connectivity index (χ0n) is 10.3. The summed E-state index contributed by atoms with van der Waals surface area (Å²) in [5.74, 6) is -0.169. The molecule has 0 unspecified atom stereocenters. The van der Waals surface area contributed by atoms with Gasteiger partial charge in [0.1, 0.15) is 0 Å². The van der Waals surface area contributed by atoms with Crippen molar-refractivity contribution in [1.29, 1.82) is 0 Å². The predicted molar refractivity (Wildman–Crippen MR) is 74.8 cm³/mol. The molecule has 0 aliphatic carbocycles. The molecule has 5 heteroatoms. The van der Waals surface area contributed by atoms with Crippen molar-refractivity contribution in [3.63, 3.8) is 0 Å². The van der Waals surface area contributed by atoms with Crippen LogP contribution in [-0.2, 0) is 13.1 Å². The van der Waals surface area contributed by atoms with E-state index in [4.69, 9.17) is 17.3 Å². The minimum absolute atomic E-state index is 0.169. The third-order valence-corrected chi connectivity index (χ3v) is 3.05. The second-order valence-electron chi connectivity index (χ2n) is 4.01. The van der Waals surface area contributed by atoms with Crippen LogP contribution in [0.4, 0.5) is 0 Å². The summed E-state index contributed by atoms with van der Waals surface area (Å²) < 4.78 is 0. The average molecular weight is 276 g/mol. The van der Waals surface area contributed by atoms with Gasteiger partial charge in [-0.3, -0.25) is 9.78 Å². The Labute approximate surface area is 116 Å². The van der Waals surface area contributed by atoms with E-state index < -0.39 is 0 Å². The van der Waals surface area contributed by atoms with Crippen LogP contribution in [-0.4, -0.2) is 10.9 Å². The number of benzene rings is 1. The van der Waals surface area contributed by atoms with Gasteiger partial charge in [0.15, 0.2) is 0 Å². The van der Waals surface area contributed by atoms with Crippen LogP contribution in [0.2, 0.25) is 5.02 Å². The smallest absolute Gasteiger partial charge is 0.251 e. The van der Waals surface area contributed by atoms with Crippen LogP contribution < -0.4 is 11.1 Å². The quantitative estimate of drug-likeness (QED) is 0.898. The Morgan fingerprint density at radius 2 is 2.11 bits per heavy atom. The number of carbonyl (C=O) groups is 1. The van der Waals surface area contributed by atoms with E-state index in [1.807, 2.05) is 18.2 Å². The van der Waals surface area contributed by atoms with Crippen molar-refractivity contribution in [3.05, 3.63) is 64.4 Å². The number of hydrogen-bond donors (Lipinski definition) is 2. The summed E-state index contributed by atoms with van der Waals surface area (Å²) in [7, 11) is 0. The van der Waals surface area contributed by atoms with E-state index in [1.165, 1.54) is 0 Å². The van der Waals surface area contributed by atoms with Crippen LogP contribution in [0.1, 0.15) is 21.6 Å². The van der Waals surface area contributed by atoms with Crippen LogP contribution in [0.3, 0.4) is 0 Å². The molecule has 2 aromatic rings. The summed E-state index contributed by atoms with van der Waals surface area (Å²) >= 11 is 6.02. The molecule has 19 heavy (non-hydrogen) atoms. The SMILES string of the molecule is NCc1cc(C(=O)NCc2ccccc2Cl)ccn1. The lowest BCUT2D eigenvalue weighted by atomic mass is 10.2. The summed E-state index contributed by atoms with van der Waals surface area (Å²) in [6.07, 6.45) is 1.58. The number of nitrogens with zero attached hydrogens (tertiary/aromatic N) is 1. The Bertz CT molecular complexity index is 586.